The molecule has 0 aromatic heterocycles. The van der Waals surface area contributed by atoms with E-state index in [1.54, 1.807) is 0 Å². The Kier molecular flexibility index (Phi) is 4.71. The van der Waals surface area contributed by atoms with E-state index in [0.29, 0.717) is 5.92 Å². The normalized spacial score (nSPS) is 16.1. The van der Waals surface area contributed by atoms with Gasteiger partial charge in [0.2, 0.25) is 0 Å². The van der Waals surface area contributed by atoms with Crippen LogP contribution < -0.4 is 0 Å². The summed E-state index contributed by atoms with van der Waals surface area (Å²) in [5.74, 6) is 2.23. The van der Waals surface area contributed by atoms with Crippen molar-refractivity contribution < 1.29 is 0 Å². The van der Waals surface area contributed by atoms with Crippen molar-refractivity contribution in [3.05, 3.63) is 10.0 Å². The van der Waals surface area contributed by atoms with E-state index in [1.807, 2.05) is 19.7 Å². The van der Waals surface area contributed by atoms with Crippen LogP contribution in [0.5, 0.6) is 0 Å². The molecule has 0 aliphatic rings. The van der Waals surface area contributed by atoms with E-state index in [2.05, 4.69) is 0 Å². The van der Waals surface area contributed by atoms with Gasteiger partial charge in [-0.2, -0.15) is 0 Å². The average molecular weight is 268 g/mol. The van der Waals surface area contributed by atoms with Gasteiger partial charge in [-0.1, -0.05) is 0 Å². The molecule has 0 spiro atoms. The molecule has 0 fully saturated rings. The molecule has 0 aromatic carbocycles. The monoisotopic (exact) mass is 268 g/mol. The Morgan fingerprint density at radius 1 is 1.40 bits per heavy atom. The van der Waals surface area contributed by atoms with Crippen LogP contribution >= 0.6 is 31.8 Å². The summed E-state index contributed by atoms with van der Waals surface area (Å²) < 4.78 is 1.00. The molecule has 0 nitrogen and oxygen atoms in total. The zero-order valence-corrected chi connectivity index (χ0v) is 10.2. The second kappa shape index (κ2) is 4.23. The maximum atomic E-state index is 5.96. The van der Waals surface area contributed by atoms with Crippen LogP contribution in [0.15, 0.2) is 10.0 Å². The number of halogens is 3. The number of rotatable bonds is 2. The van der Waals surface area contributed by atoms with E-state index < -0.39 is 11.0 Å². The van der Waals surface area contributed by atoms with Crippen molar-refractivity contribution in [3.8, 4) is 0 Å². The predicted molar refractivity (Wildman–Crippen MR) is 52.1 cm³/mol. The van der Waals surface area contributed by atoms with Crippen LogP contribution in [0.3, 0.4) is 0 Å². The molecule has 0 amide bonds. The number of allylic oxidation sites excluding steroid dienone is 1. The van der Waals surface area contributed by atoms with Gasteiger partial charge in [-0.25, -0.2) is 0 Å². The zero-order chi connectivity index (χ0) is 8.36. The molecule has 0 aliphatic carbocycles. The number of hydrogen-bond donors (Lipinski definition) is 0. The fraction of sp³-hybridized carbons (Fsp3) is 0.667. The quantitative estimate of drug-likeness (QED) is 0.667. The van der Waals surface area contributed by atoms with Gasteiger partial charge in [-0.15, -0.1) is 0 Å². The van der Waals surface area contributed by atoms with E-state index in [-0.39, 0.29) is 0 Å². The van der Waals surface area contributed by atoms with Crippen LogP contribution in [0.25, 0.3) is 0 Å². The van der Waals surface area contributed by atoms with E-state index in [4.69, 9.17) is 31.8 Å². The molecule has 0 saturated carbocycles. The zero-order valence-electron chi connectivity index (χ0n) is 6.20. The van der Waals surface area contributed by atoms with Crippen LogP contribution in [-0.2, 0) is 0 Å². The Morgan fingerprint density at radius 2 is 1.80 bits per heavy atom. The molecule has 0 aliphatic heterocycles. The Bertz CT molecular complexity index is 134. The van der Waals surface area contributed by atoms with Crippen molar-refractivity contribution in [3.63, 3.8) is 0 Å². The second-order valence-corrected chi connectivity index (χ2v) is 13.9. The molecule has 0 radical (unpaired) electrons. The van der Waals surface area contributed by atoms with Gasteiger partial charge in [0.1, 0.15) is 0 Å². The fourth-order valence-electron chi connectivity index (χ4n) is 0.618. The van der Waals surface area contributed by atoms with Gasteiger partial charge in [0.05, 0.1) is 0 Å². The van der Waals surface area contributed by atoms with E-state index in [0.717, 1.165) is 4.47 Å². The van der Waals surface area contributed by atoms with Gasteiger partial charge >= 0.3 is 78.4 Å². The summed E-state index contributed by atoms with van der Waals surface area (Å²) in [7, 11) is 11.9. The molecule has 0 atom stereocenters. The predicted octanol–water partition coefficient (Wildman–Crippen LogP) is 3.85. The molecule has 0 saturated heterocycles. The van der Waals surface area contributed by atoms with Crippen molar-refractivity contribution in [1.29, 1.82) is 0 Å². The molecule has 0 bridgehead atoms. The molecule has 0 unspecified atom stereocenters. The van der Waals surface area contributed by atoms with Crippen LogP contribution in [0.1, 0.15) is 13.8 Å². The third-order valence-corrected chi connectivity index (χ3v) is 6.44. The second-order valence-electron chi connectivity index (χ2n) is 2.39. The van der Waals surface area contributed by atoms with Crippen LogP contribution in [0.4, 0.5) is 0 Å². The molecular weight excluding hydrogens is 257 g/mol. The van der Waals surface area contributed by atoms with Gasteiger partial charge in [0, 0.05) is 0 Å². The third kappa shape index (κ3) is 3.50. The summed E-state index contributed by atoms with van der Waals surface area (Å²) in [4.78, 5) is 0. The standard InChI is InChI=1S/C6H11Cl3Se/c1-5(2)6(4-7)10(3,8)9/h4-5H,1-3H3/b6-4+. The number of hydrogen-bond acceptors (Lipinski definition) is 0. The van der Waals surface area contributed by atoms with Crippen LogP contribution in [0.2, 0.25) is 5.82 Å². The van der Waals surface area contributed by atoms with E-state index in [9.17, 15) is 0 Å². The molecule has 0 aromatic rings. The van der Waals surface area contributed by atoms with E-state index in [1.165, 1.54) is 5.54 Å². The molecule has 62 valence electrons. The first-order valence-corrected chi connectivity index (χ1v) is 10.4. The summed E-state index contributed by atoms with van der Waals surface area (Å²) in [6.07, 6.45) is 0. The van der Waals surface area contributed by atoms with Crippen molar-refractivity contribution in [2.45, 2.75) is 19.7 Å². The van der Waals surface area contributed by atoms with Crippen molar-refractivity contribution >= 4 is 42.8 Å². The molecule has 0 N–H and O–H groups in total. The van der Waals surface area contributed by atoms with Gasteiger partial charge in [-0.05, 0) is 0 Å². The first-order chi connectivity index (χ1) is 4.39. The Labute approximate surface area is 78.2 Å². The van der Waals surface area contributed by atoms with Gasteiger partial charge in [0.15, 0.2) is 0 Å². The summed E-state index contributed by atoms with van der Waals surface area (Å²) in [5.41, 5.74) is 1.52. The van der Waals surface area contributed by atoms with Gasteiger partial charge in [-0.3, -0.25) is 0 Å². The minimum absolute atomic E-state index is 0.359. The summed E-state index contributed by atoms with van der Waals surface area (Å²) in [5, 5.41) is 0. The van der Waals surface area contributed by atoms with Crippen LogP contribution in [0, 0.1) is 5.92 Å². The van der Waals surface area contributed by atoms with Crippen molar-refractivity contribution in [2.75, 3.05) is 0 Å². The molecular formula is C6H11Cl3Se. The van der Waals surface area contributed by atoms with Gasteiger partial charge < -0.3 is 0 Å². The topological polar surface area (TPSA) is 0 Å². The molecule has 0 rings (SSSR count). The van der Waals surface area contributed by atoms with Crippen molar-refractivity contribution in [1.82, 2.24) is 0 Å². The average Bonchev–Trinajstić information content (AvgIpc) is 1.60. The van der Waals surface area contributed by atoms with Crippen LogP contribution in [-0.4, -0.2) is 11.0 Å². The summed E-state index contributed by atoms with van der Waals surface area (Å²) in [6, 6.07) is 0. The molecule has 4 heteroatoms. The SMILES string of the molecule is CC(C)/C(=C\Cl)[Se](C)(Cl)Cl. The maximum absolute atomic E-state index is 5.96. The first-order valence-electron chi connectivity index (χ1n) is 2.87. The Hall–Kier alpha value is 1.13. The van der Waals surface area contributed by atoms with Gasteiger partial charge in [0.25, 0.3) is 0 Å². The Morgan fingerprint density at radius 3 is 1.80 bits per heavy atom. The molecule has 0 heterocycles. The summed E-state index contributed by atoms with van der Waals surface area (Å²) in [6.45, 7) is 4.07. The van der Waals surface area contributed by atoms with E-state index >= 15 is 0 Å². The molecule has 10 heavy (non-hydrogen) atoms. The fourth-order valence-corrected chi connectivity index (χ4v) is 6.65. The van der Waals surface area contributed by atoms with Crippen molar-refractivity contribution in [2.24, 2.45) is 5.92 Å². The first kappa shape index (κ1) is 11.1. The summed E-state index contributed by atoms with van der Waals surface area (Å²) >= 11 is 3.21. The Balaban J connectivity index is 4.40. The third-order valence-electron chi connectivity index (χ3n) is 1.09. The minimum atomic E-state index is -2.34.